The second-order valence-corrected chi connectivity index (χ2v) is 11.7. The SMILES string of the molecule is CCN1CCN(Cc2ccc(CC(=O)N3Cc4cc(Oc5ccnc6[nH]c(C)cc56)ccc4C(O)C3)cc2C(F)(F)F)CC1. The maximum atomic E-state index is 14.1. The number of ether oxygens (including phenoxy) is 1. The van der Waals surface area contributed by atoms with Gasteiger partial charge in [0.1, 0.15) is 17.1 Å². The number of carbonyl (C=O) groups is 1. The summed E-state index contributed by atoms with van der Waals surface area (Å²) in [7, 11) is 0. The number of hydrogen-bond donors (Lipinski definition) is 2. The number of likely N-dealkylation sites (N-methyl/N-ethyl adjacent to an activating group) is 1. The van der Waals surface area contributed by atoms with Gasteiger partial charge in [-0.25, -0.2) is 4.98 Å². The molecule has 1 unspecified atom stereocenters. The summed E-state index contributed by atoms with van der Waals surface area (Å²) in [5.41, 5.74) is 2.89. The van der Waals surface area contributed by atoms with Gasteiger partial charge in [0.05, 0.1) is 30.0 Å². The van der Waals surface area contributed by atoms with Crippen LogP contribution in [0.3, 0.4) is 0 Å². The number of aromatic nitrogens is 2. The number of halogens is 3. The predicted octanol–water partition coefficient (Wildman–Crippen LogP) is 5.44. The lowest BCUT2D eigenvalue weighted by molar-refractivity contribution is -0.139. The Kier molecular flexibility index (Phi) is 8.36. The van der Waals surface area contributed by atoms with Gasteiger partial charge in [0.25, 0.3) is 0 Å². The van der Waals surface area contributed by atoms with Gasteiger partial charge in [-0.05, 0) is 66.1 Å². The Labute approximate surface area is 254 Å². The molecule has 8 nitrogen and oxygen atoms in total. The van der Waals surface area contributed by atoms with E-state index in [0.717, 1.165) is 55.4 Å². The molecule has 2 aromatic carbocycles. The quantitative estimate of drug-likeness (QED) is 0.291. The number of piperazine rings is 1. The molecule has 232 valence electrons. The van der Waals surface area contributed by atoms with Gasteiger partial charge in [-0.1, -0.05) is 25.1 Å². The number of aromatic amines is 1. The van der Waals surface area contributed by atoms with E-state index in [2.05, 4.69) is 21.8 Å². The summed E-state index contributed by atoms with van der Waals surface area (Å²) >= 11 is 0. The molecule has 2 aromatic heterocycles. The van der Waals surface area contributed by atoms with Crippen molar-refractivity contribution >= 4 is 16.9 Å². The molecule has 11 heteroatoms. The summed E-state index contributed by atoms with van der Waals surface area (Å²) in [5.74, 6) is 0.810. The van der Waals surface area contributed by atoms with Crippen molar-refractivity contribution in [1.29, 1.82) is 0 Å². The second kappa shape index (κ2) is 12.2. The lowest BCUT2D eigenvalue weighted by atomic mass is 9.96. The van der Waals surface area contributed by atoms with Crippen molar-refractivity contribution in [3.8, 4) is 11.5 Å². The highest BCUT2D eigenvalue weighted by Crippen LogP contribution is 2.36. The minimum absolute atomic E-state index is 0.0631. The third kappa shape index (κ3) is 6.45. The number of alkyl halides is 3. The van der Waals surface area contributed by atoms with Gasteiger partial charge in [0, 0.05) is 51.2 Å². The molecule has 0 aliphatic carbocycles. The maximum Gasteiger partial charge on any atom is 0.416 e. The lowest BCUT2D eigenvalue weighted by Crippen LogP contribution is -2.45. The van der Waals surface area contributed by atoms with Gasteiger partial charge in [-0.2, -0.15) is 13.2 Å². The van der Waals surface area contributed by atoms with Crippen LogP contribution in [-0.4, -0.2) is 74.9 Å². The number of H-pyrrole nitrogens is 1. The number of aliphatic hydroxyl groups is 1. The van der Waals surface area contributed by atoms with Crippen molar-refractivity contribution in [3.63, 3.8) is 0 Å². The van der Waals surface area contributed by atoms with Gasteiger partial charge >= 0.3 is 6.18 Å². The Morgan fingerprint density at radius 2 is 1.84 bits per heavy atom. The molecule has 2 N–H and O–H groups in total. The van der Waals surface area contributed by atoms with E-state index < -0.39 is 17.8 Å². The van der Waals surface area contributed by atoms with E-state index in [1.807, 2.05) is 17.9 Å². The molecule has 1 amide bonds. The second-order valence-electron chi connectivity index (χ2n) is 11.7. The van der Waals surface area contributed by atoms with Gasteiger partial charge in [-0.15, -0.1) is 0 Å². The number of pyridine rings is 1. The van der Waals surface area contributed by atoms with Crippen LogP contribution >= 0.6 is 0 Å². The third-order valence-corrected chi connectivity index (χ3v) is 8.58. The molecule has 0 radical (unpaired) electrons. The van der Waals surface area contributed by atoms with E-state index >= 15 is 0 Å². The molecular formula is C33H36F3N5O3. The number of nitrogens with zero attached hydrogens (tertiary/aromatic N) is 4. The molecule has 0 spiro atoms. The van der Waals surface area contributed by atoms with Crippen molar-refractivity contribution in [3.05, 3.63) is 88.2 Å². The highest BCUT2D eigenvalue weighted by Gasteiger charge is 2.35. The number of amides is 1. The van der Waals surface area contributed by atoms with Crippen molar-refractivity contribution in [2.45, 2.75) is 45.6 Å². The molecule has 2 aliphatic rings. The number of fused-ring (bicyclic) bond motifs is 2. The Morgan fingerprint density at radius 1 is 1.07 bits per heavy atom. The smallest absolute Gasteiger partial charge is 0.416 e. The van der Waals surface area contributed by atoms with Crippen LogP contribution in [0.2, 0.25) is 0 Å². The zero-order valence-corrected chi connectivity index (χ0v) is 24.8. The van der Waals surface area contributed by atoms with Crippen LogP contribution in [0.1, 0.15) is 46.5 Å². The first-order chi connectivity index (χ1) is 21.1. The summed E-state index contributed by atoms with van der Waals surface area (Å²) in [6, 6.07) is 13.3. The van der Waals surface area contributed by atoms with Crippen molar-refractivity contribution in [2.24, 2.45) is 0 Å². The van der Waals surface area contributed by atoms with Gasteiger partial charge < -0.3 is 24.6 Å². The van der Waals surface area contributed by atoms with Crippen molar-refractivity contribution in [2.75, 3.05) is 39.3 Å². The number of hydrogen-bond acceptors (Lipinski definition) is 6. The monoisotopic (exact) mass is 607 g/mol. The maximum absolute atomic E-state index is 14.1. The Hall–Kier alpha value is -3.93. The number of nitrogens with one attached hydrogen (secondary N) is 1. The zero-order chi connectivity index (χ0) is 31.0. The van der Waals surface area contributed by atoms with E-state index in [1.54, 1.807) is 36.5 Å². The van der Waals surface area contributed by atoms with E-state index in [4.69, 9.17) is 4.74 Å². The summed E-state index contributed by atoms with van der Waals surface area (Å²) in [5, 5.41) is 11.7. The van der Waals surface area contributed by atoms with Crippen LogP contribution in [0.15, 0.2) is 54.7 Å². The van der Waals surface area contributed by atoms with Gasteiger partial charge in [0.2, 0.25) is 5.91 Å². The Bertz CT molecular complexity index is 1660. The molecule has 1 atom stereocenters. The third-order valence-electron chi connectivity index (χ3n) is 8.58. The van der Waals surface area contributed by atoms with Crippen LogP contribution in [0.25, 0.3) is 11.0 Å². The summed E-state index contributed by atoms with van der Waals surface area (Å²) in [6.45, 7) is 8.55. The molecule has 0 saturated carbocycles. The van der Waals surface area contributed by atoms with E-state index in [1.165, 1.54) is 11.0 Å². The normalized spacial score (nSPS) is 18.0. The highest BCUT2D eigenvalue weighted by atomic mass is 19.4. The van der Waals surface area contributed by atoms with Crippen LogP contribution in [0.4, 0.5) is 13.2 Å². The Balaban J connectivity index is 1.16. The minimum atomic E-state index is -4.53. The molecule has 4 heterocycles. The van der Waals surface area contributed by atoms with Crippen LogP contribution < -0.4 is 4.74 Å². The molecule has 0 bridgehead atoms. The van der Waals surface area contributed by atoms with Gasteiger partial charge in [0.15, 0.2) is 0 Å². The Morgan fingerprint density at radius 3 is 2.59 bits per heavy atom. The average Bonchev–Trinajstić information content (AvgIpc) is 3.39. The summed E-state index contributed by atoms with van der Waals surface area (Å²) in [6.07, 6.45) is -3.99. The number of rotatable bonds is 7. The van der Waals surface area contributed by atoms with E-state index in [9.17, 15) is 23.1 Å². The number of aliphatic hydroxyl groups excluding tert-OH is 1. The fourth-order valence-corrected chi connectivity index (χ4v) is 6.15. The summed E-state index contributed by atoms with van der Waals surface area (Å²) < 4.78 is 48.5. The van der Waals surface area contributed by atoms with Crippen molar-refractivity contribution in [1.82, 2.24) is 24.7 Å². The molecule has 1 saturated heterocycles. The highest BCUT2D eigenvalue weighted by molar-refractivity contribution is 5.83. The zero-order valence-electron chi connectivity index (χ0n) is 24.8. The standard InChI is InChI=1S/C33H36F3N5O3/c1-3-39-10-12-40(13-11-39)18-23-5-4-22(15-28(23)33(34,35)36)16-31(43)41-19-24-17-25(6-7-26(24)29(42)20-41)44-30-8-9-37-32-27(30)14-21(2)38-32/h4-9,14-15,17,29,42H,3,10-13,16,18-20H2,1-2H3,(H,37,38). The van der Waals surface area contributed by atoms with Crippen LogP contribution in [0, 0.1) is 6.92 Å². The molecule has 6 rings (SSSR count). The molecule has 4 aromatic rings. The van der Waals surface area contributed by atoms with Crippen LogP contribution in [-0.2, 0) is 30.5 Å². The van der Waals surface area contributed by atoms with E-state index in [0.29, 0.717) is 28.3 Å². The molecule has 2 aliphatic heterocycles. The largest absolute Gasteiger partial charge is 0.457 e. The van der Waals surface area contributed by atoms with Crippen LogP contribution in [0.5, 0.6) is 11.5 Å². The predicted molar refractivity (Wildman–Crippen MR) is 160 cm³/mol. The fraction of sp³-hybridized carbons (Fsp3) is 0.394. The molecular weight excluding hydrogens is 571 g/mol. The molecule has 1 fully saturated rings. The number of benzene rings is 2. The average molecular weight is 608 g/mol. The molecule has 44 heavy (non-hydrogen) atoms. The first kappa shape index (κ1) is 30.1. The summed E-state index contributed by atoms with van der Waals surface area (Å²) in [4.78, 5) is 26.7. The fourth-order valence-electron chi connectivity index (χ4n) is 6.15. The number of carbonyl (C=O) groups excluding carboxylic acids is 1. The first-order valence-electron chi connectivity index (χ1n) is 14.9. The van der Waals surface area contributed by atoms with E-state index in [-0.39, 0.29) is 37.5 Å². The number of aryl methyl sites for hydroxylation is 1. The minimum Gasteiger partial charge on any atom is -0.457 e. The first-order valence-corrected chi connectivity index (χ1v) is 14.9. The lowest BCUT2D eigenvalue weighted by Gasteiger charge is -2.34. The van der Waals surface area contributed by atoms with Gasteiger partial charge in [-0.3, -0.25) is 9.69 Å². The number of β-amino-alcohol motifs (C(OH)–C–C–N with tert-alkyl or cyclic N) is 1. The topological polar surface area (TPSA) is 84.9 Å². The van der Waals surface area contributed by atoms with Crippen molar-refractivity contribution < 1.29 is 27.8 Å².